The van der Waals surface area contributed by atoms with Crippen LogP contribution in [0.25, 0.3) is 43.4 Å². The summed E-state index contributed by atoms with van der Waals surface area (Å²) >= 11 is 0. The van der Waals surface area contributed by atoms with E-state index >= 15 is 0 Å². The smallest absolute Gasteiger partial charge is 0.310 e. The quantitative estimate of drug-likeness (QED) is 0.167. The van der Waals surface area contributed by atoms with E-state index in [4.69, 9.17) is 0 Å². The van der Waals surface area contributed by atoms with Crippen molar-refractivity contribution < 1.29 is 13.2 Å². The van der Waals surface area contributed by atoms with Gasteiger partial charge in [0.05, 0.1) is 22.6 Å². The Morgan fingerprint density at radius 2 is 0.931 bits per heavy atom. The maximum absolute atomic E-state index is 13.8. The van der Waals surface area contributed by atoms with Gasteiger partial charge in [-0.25, -0.2) is 0 Å². The van der Waals surface area contributed by atoms with Crippen LogP contribution in [-0.2, 0) is 11.6 Å². The molecule has 0 unspecified atom stereocenters. The molecule has 282 valence electrons. The molecule has 58 heavy (non-hydrogen) atoms. The maximum Gasteiger partial charge on any atom is 0.416 e. The summed E-state index contributed by atoms with van der Waals surface area (Å²) < 4.78 is 41.4. The Kier molecular flexibility index (Phi) is 8.20. The summed E-state index contributed by atoms with van der Waals surface area (Å²) in [5.74, 6) is 0. The van der Waals surface area contributed by atoms with Gasteiger partial charge < -0.3 is 9.80 Å². The third-order valence-corrected chi connectivity index (χ3v) is 11.9. The molecule has 1 aliphatic carbocycles. The maximum atomic E-state index is 13.8. The fourth-order valence-electron chi connectivity index (χ4n) is 9.01. The van der Waals surface area contributed by atoms with Crippen LogP contribution in [0.3, 0.4) is 0 Å². The molecule has 0 aromatic heterocycles. The largest absolute Gasteiger partial charge is 0.416 e. The number of fused-ring (bicyclic) bond motifs is 7. The van der Waals surface area contributed by atoms with Crippen molar-refractivity contribution in [2.24, 2.45) is 0 Å². The average Bonchev–Trinajstić information content (AvgIpc) is 3.47. The van der Waals surface area contributed by atoms with Crippen molar-refractivity contribution in [1.29, 1.82) is 0 Å². The second-order valence-electron chi connectivity index (χ2n) is 15.8. The van der Waals surface area contributed by atoms with E-state index in [9.17, 15) is 13.2 Å². The summed E-state index contributed by atoms with van der Waals surface area (Å²) in [4.78, 5) is 4.49. The monoisotopic (exact) mass is 760 g/mol. The van der Waals surface area contributed by atoms with Gasteiger partial charge in [-0.05, 0) is 112 Å². The fourth-order valence-corrected chi connectivity index (χ4v) is 9.01. The number of hydrogen-bond donors (Lipinski definition) is 0. The van der Waals surface area contributed by atoms with Gasteiger partial charge in [-0.2, -0.15) is 13.2 Å². The molecular formula is C53H39F3N2. The van der Waals surface area contributed by atoms with Crippen molar-refractivity contribution >= 4 is 66.4 Å². The standard InChI is InChI=1S/C53H39F3N2/c1-34-22-26-39(27-23-34)58(49-21-11-15-36-13-5-7-17-42(36)49)50-33-47-51(44-19-9-8-18-43(44)50)45-31-30-40(32-46(45)52(47,2)3)57(38-28-24-37(25-29-38)53(54,55)56)48-20-10-14-35-12-4-6-16-41(35)48/h4-33H,1-3H3. The van der Waals surface area contributed by atoms with E-state index in [-0.39, 0.29) is 0 Å². The zero-order valence-electron chi connectivity index (χ0n) is 32.3. The van der Waals surface area contributed by atoms with Crippen molar-refractivity contribution in [2.45, 2.75) is 32.4 Å². The fraction of sp³-hybridized carbons (Fsp3) is 0.0943. The predicted octanol–water partition coefficient (Wildman–Crippen LogP) is 15.7. The number of nitrogens with zero attached hydrogens (tertiary/aromatic N) is 2. The molecule has 2 nitrogen and oxygen atoms in total. The van der Waals surface area contributed by atoms with E-state index in [1.807, 2.05) is 24.3 Å². The molecule has 9 aromatic carbocycles. The molecule has 0 saturated carbocycles. The highest BCUT2D eigenvalue weighted by Crippen LogP contribution is 2.56. The third kappa shape index (κ3) is 5.72. The van der Waals surface area contributed by atoms with Gasteiger partial charge in [0.15, 0.2) is 0 Å². The third-order valence-electron chi connectivity index (χ3n) is 11.9. The zero-order valence-corrected chi connectivity index (χ0v) is 32.3. The van der Waals surface area contributed by atoms with E-state index in [0.29, 0.717) is 5.69 Å². The summed E-state index contributed by atoms with van der Waals surface area (Å²) in [6.07, 6.45) is -4.43. The summed E-state index contributed by atoms with van der Waals surface area (Å²) in [5, 5.41) is 6.71. The SMILES string of the molecule is Cc1ccc(N(c2cccc3ccccc23)c2cc3c(c4ccccc24)-c2ccc(N(c4ccc(C(F)(F)F)cc4)c4cccc5ccccc45)cc2C3(C)C)cc1. The molecule has 1 aliphatic rings. The van der Waals surface area contributed by atoms with Crippen molar-refractivity contribution in [1.82, 2.24) is 0 Å². The summed E-state index contributed by atoms with van der Waals surface area (Å²) in [6, 6.07) is 61.2. The van der Waals surface area contributed by atoms with Crippen LogP contribution in [0.2, 0.25) is 0 Å². The molecule has 5 heteroatoms. The summed E-state index contributed by atoms with van der Waals surface area (Å²) in [7, 11) is 0. The lowest BCUT2D eigenvalue weighted by molar-refractivity contribution is -0.137. The number of hydrogen-bond acceptors (Lipinski definition) is 2. The van der Waals surface area contributed by atoms with Crippen LogP contribution in [0.4, 0.5) is 47.3 Å². The molecule has 0 aliphatic heterocycles. The van der Waals surface area contributed by atoms with E-state index < -0.39 is 17.2 Å². The van der Waals surface area contributed by atoms with Crippen LogP contribution >= 0.6 is 0 Å². The second-order valence-corrected chi connectivity index (χ2v) is 15.8. The lowest BCUT2D eigenvalue weighted by Gasteiger charge is -2.31. The Balaban J connectivity index is 1.19. The van der Waals surface area contributed by atoms with E-state index in [0.717, 1.165) is 55.7 Å². The van der Waals surface area contributed by atoms with Crippen LogP contribution < -0.4 is 9.80 Å². The molecule has 10 rings (SSSR count). The van der Waals surface area contributed by atoms with Gasteiger partial charge >= 0.3 is 6.18 Å². The van der Waals surface area contributed by atoms with Crippen molar-refractivity contribution in [2.75, 3.05) is 9.80 Å². The number of benzene rings is 9. The highest BCUT2D eigenvalue weighted by Gasteiger charge is 2.39. The van der Waals surface area contributed by atoms with Crippen LogP contribution in [0.5, 0.6) is 0 Å². The van der Waals surface area contributed by atoms with Crippen molar-refractivity contribution in [3.8, 4) is 11.1 Å². The lowest BCUT2D eigenvalue weighted by atomic mass is 9.81. The van der Waals surface area contributed by atoms with E-state index in [1.54, 1.807) is 12.1 Å². The Morgan fingerprint density at radius 3 is 1.55 bits per heavy atom. The molecule has 0 radical (unpaired) electrons. The van der Waals surface area contributed by atoms with E-state index in [1.165, 1.54) is 45.0 Å². The molecule has 0 fully saturated rings. The normalized spacial score (nSPS) is 13.1. The summed E-state index contributed by atoms with van der Waals surface area (Å²) in [6.45, 7) is 6.69. The molecule has 0 atom stereocenters. The Hall–Kier alpha value is -6.85. The second kappa shape index (κ2) is 13.4. The zero-order chi connectivity index (χ0) is 39.8. The number of anilines is 6. The average molecular weight is 761 g/mol. The summed E-state index contributed by atoms with van der Waals surface area (Å²) in [5.41, 5.74) is 10.5. The molecule has 0 amide bonds. The minimum atomic E-state index is -4.43. The first-order chi connectivity index (χ1) is 28.1. The van der Waals surface area contributed by atoms with Crippen LogP contribution in [-0.4, -0.2) is 0 Å². The Morgan fingerprint density at radius 1 is 0.431 bits per heavy atom. The van der Waals surface area contributed by atoms with E-state index in [2.05, 4.69) is 164 Å². The molecular weight excluding hydrogens is 722 g/mol. The van der Waals surface area contributed by atoms with Gasteiger partial charge in [0.2, 0.25) is 0 Å². The first kappa shape index (κ1) is 35.6. The van der Waals surface area contributed by atoms with Gasteiger partial charge in [-0.1, -0.05) is 135 Å². The lowest BCUT2D eigenvalue weighted by Crippen LogP contribution is -2.18. The topological polar surface area (TPSA) is 6.48 Å². The number of alkyl halides is 3. The molecule has 0 heterocycles. The highest BCUT2D eigenvalue weighted by atomic mass is 19.4. The Bertz CT molecular complexity index is 3020. The van der Waals surface area contributed by atoms with Crippen molar-refractivity contribution in [3.05, 3.63) is 204 Å². The number of halogens is 3. The predicted molar refractivity (Wildman–Crippen MR) is 236 cm³/mol. The first-order valence-electron chi connectivity index (χ1n) is 19.6. The van der Waals surface area contributed by atoms with Gasteiger partial charge in [0, 0.05) is 38.6 Å². The molecule has 0 bridgehead atoms. The molecule has 0 N–H and O–H groups in total. The van der Waals surface area contributed by atoms with Gasteiger partial charge in [-0.3, -0.25) is 0 Å². The molecule has 0 saturated heterocycles. The van der Waals surface area contributed by atoms with Crippen molar-refractivity contribution in [3.63, 3.8) is 0 Å². The van der Waals surface area contributed by atoms with Gasteiger partial charge in [0.1, 0.15) is 0 Å². The number of rotatable bonds is 6. The van der Waals surface area contributed by atoms with Crippen LogP contribution in [0.15, 0.2) is 182 Å². The van der Waals surface area contributed by atoms with Crippen LogP contribution in [0.1, 0.15) is 36.1 Å². The molecule has 0 spiro atoms. The molecule has 9 aromatic rings. The van der Waals surface area contributed by atoms with Gasteiger partial charge in [-0.15, -0.1) is 0 Å². The van der Waals surface area contributed by atoms with Crippen LogP contribution in [0, 0.1) is 6.92 Å². The highest BCUT2D eigenvalue weighted by molar-refractivity contribution is 6.12. The Labute approximate surface area is 336 Å². The minimum Gasteiger partial charge on any atom is -0.310 e. The first-order valence-corrected chi connectivity index (χ1v) is 19.6. The van der Waals surface area contributed by atoms with Gasteiger partial charge in [0.25, 0.3) is 0 Å². The minimum absolute atomic E-state index is 0.429. The number of aryl methyl sites for hydroxylation is 1.